The third-order valence-corrected chi connectivity index (χ3v) is 3.30. The minimum atomic E-state index is -0.0297. The summed E-state index contributed by atoms with van der Waals surface area (Å²) >= 11 is 0. The van der Waals surface area contributed by atoms with Crippen LogP contribution in [0.15, 0.2) is 0 Å². The van der Waals surface area contributed by atoms with Gasteiger partial charge in [-0.05, 0) is 33.0 Å². The average molecular weight is 211 g/mol. The number of likely N-dealkylation sites (tertiary alicyclic amines) is 1. The van der Waals surface area contributed by atoms with Gasteiger partial charge in [0.25, 0.3) is 0 Å². The number of hydrogen-bond acceptors (Lipinski definition) is 2. The first-order valence-electron chi connectivity index (χ1n) is 5.83. The van der Waals surface area contributed by atoms with Gasteiger partial charge in [0.05, 0.1) is 0 Å². The highest BCUT2D eigenvalue weighted by molar-refractivity contribution is 5.84. The molecule has 1 heterocycles. The maximum atomic E-state index is 8.15. The SMILES string of the molecule is CN1CCC(N(C)C(=N)C(C)(C)C)CC1. The van der Waals surface area contributed by atoms with Crippen molar-refractivity contribution in [2.45, 2.75) is 39.7 Å². The van der Waals surface area contributed by atoms with Gasteiger partial charge in [0.15, 0.2) is 0 Å². The number of amidine groups is 1. The predicted octanol–water partition coefficient (Wildman–Crippen LogP) is 2.04. The van der Waals surface area contributed by atoms with Crippen LogP contribution in [0.25, 0.3) is 0 Å². The molecule has 1 N–H and O–H groups in total. The van der Waals surface area contributed by atoms with Crippen molar-refractivity contribution in [3.63, 3.8) is 0 Å². The van der Waals surface area contributed by atoms with Crippen LogP contribution in [0.2, 0.25) is 0 Å². The summed E-state index contributed by atoms with van der Waals surface area (Å²) in [5.74, 6) is 0.761. The van der Waals surface area contributed by atoms with Gasteiger partial charge in [-0.15, -0.1) is 0 Å². The quantitative estimate of drug-likeness (QED) is 0.531. The largest absolute Gasteiger partial charge is 0.360 e. The van der Waals surface area contributed by atoms with E-state index in [0.717, 1.165) is 18.9 Å². The number of piperidine rings is 1. The highest BCUT2D eigenvalue weighted by Crippen LogP contribution is 2.22. The molecule has 1 rings (SSSR count). The highest BCUT2D eigenvalue weighted by atomic mass is 15.2. The molecule has 1 fully saturated rings. The van der Waals surface area contributed by atoms with E-state index in [2.05, 4.69) is 44.7 Å². The van der Waals surface area contributed by atoms with E-state index in [1.807, 2.05) is 0 Å². The zero-order valence-electron chi connectivity index (χ0n) is 10.8. The zero-order chi connectivity index (χ0) is 11.6. The zero-order valence-corrected chi connectivity index (χ0v) is 10.8. The van der Waals surface area contributed by atoms with Gasteiger partial charge in [-0.25, -0.2) is 0 Å². The summed E-state index contributed by atoms with van der Waals surface area (Å²) in [4.78, 5) is 4.54. The normalized spacial score (nSPS) is 20.3. The molecule has 0 unspecified atom stereocenters. The standard InChI is InChI=1S/C12H25N3/c1-12(2,3)11(13)15(5)10-6-8-14(4)9-7-10/h10,13H,6-9H2,1-5H3. The summed E-state index contributed by atoms with van der Waals surface area (Å²) in [6, 6.07) is 0.563. The molecule has 3 nitrogen and oxygen atoms in total. The van der Waals surface area contributed by atoms with Crippen molar-refractivity contribution in [1.29, 1.82) is 5.41 Å². The summed E-state index contributed by atoms with van der Waals surface area (Å²) in [5, 5.41) is 8.15. The molecule has 1 aliphatic heterocycles. The number of nitrogens with zero attached hydrogens (tertiary/aromatic N) is 2. The van der Waals surface area contributed by atoms with E-state index in [4.69, 9.17) is 5.41 Å². The lowest BCUT2D eigenvalue weighted by Crippen LogP contribution is -2.47. The topological polar surface area (TPSA) is 30.3 Å². The summed E-state index contributed by atoms with van der Waals surface area (Å²) in [6.07, 6.45) is 2.37. The molecule has 0 aromatic heterocycles. The van der Waals surface area contributed by atoms with E-state index in [0.29, 0.717) is 6.04 Å². The minimum Gasteiger partial charge on any atom is -0.360 e. The van der Waals surface area contributed by atoms with Crippen molar-refractivity contribution in [1.82, 2.24) is 9.80 Å². The van der Waals surface area contributed by atoms with Crippen molar-refractivity contribution in [3.05, 3.63) is 0 Å². The minimum absolute atomic E-state index is 0.0297. The summed E-state index contributed by atoms with van der Waals surface area (Å²) in [5.41, 5.74) is -0.0297. The number of nitrogens with one attached hydrogen (secondary N) is 1. The lowest BCUT2D eigenvalue weighted by Gasteiger charge is -2.39. The predicted molar refractivity (Wildman–Crippen MR) is 65.5 cm³/mol. The van der Waals surface area contributed by atoms with Crippen LogP contribution in [0, 0.1) is 10.8 Å². The fourth-order valence-electron chi connectivity index (χ4n) is 2.09. The van der Waals surface area contributed by atoms with Crippen LogP contribution < -0.4 is 0 Å². The van der Waals surface area contributed by atoms with E-state index < -0.39 is 0 Å². The molecule has 0 radical (unpaired) electrons. The molecule has 0 aliphatic carbocycles. The van der Waals surface area contributed by atoms with Crippen LogP contribution in [-0.4, -0.2) is 48.9 Å². The maximum absolute atomic E-state index is 8.15. The Bertz CT molecular complexity index is 222. The Morgan fingerprint density at radius 3 is 2.13 bits per heavy atom. The van der Waals surface area contributed by atoms with Gasteiger partial charge in [0.2, 0.25) is 0 Å². The van der Waals surface area contributed by atoms with E-state index in [1.54, 1.807) is 0 Å². The molecule has 0 saturated carbocycles. The van der Waals surface area contributed by atoms with Crippen molar-refractivity contribution in [2.24, 2.45) is 5.41 Å². The van der Waals surface area contributed by atoms with Crippen LogP contribution >= 0.6 is 0 Å². The van der Waals surface area contributed by atoms with Crippen molar-refractivity contribution < 1.29 is 0 Å². The second-order valence-corrected chi connectivity index (χ2v) is 5.74. The van der Waals surface area contributed by atoms with Gasteiger partial charge >= 0.3 is 0 Å². The van der Waals surface area contributed by atoms with Crippen LogP contribution in [0.3, 0.4) is 0 Å². The maximum Gasteiger partial charge on any atom is 0.101 e. The fraction of sp³-hybridized carbons (Fsp3) is 0.917. The summed E-state index contributed by atoms with van der Waals surface area (Å²) in [7, 11) is 4.24. The van der Waals surface area contributed by atoms with Crippen molar-refractivity contribution in [2.75, 3.05) is 27.2 Å². The lowest BCUT2D eigenvalue weighted by atomic mass is 9.92. The average Bonchev–Trinajstić information content (AvgIpc) is 2.15. The molecule has 88 valence electrons. The Hall–Kier alpha value is -0.570. The first kappa shape index (κ1) is 12.5. The Labute approximate surface area is 94.0 Å². The molecule has 0 atom stereocenters. The number of rotatable bonds is 1. The van der Waals surface area contributed by atoms with Crippen LogP contribution in [0.5, 0.6) is 0 Å². The van der Waals surface area contributed by atoms with Gasteiger partial charge in [-0.1, -0.05) is 20.8 Å². The van der Waals surface area contributed by atoms with Gasteiger partial charge in [0, 0.05) is 18.5 Å². The molecule has 3 heteroatoms. The molecule has 0 amide bonds. The van der Waals surface area contributed by atoms with E-state index in [-0.39, 0.29) is 5.41 Å². The molecule has 0 bridgehead atoms. The van der Waals surface area contributed by atoms with Crippen molar-refractivity contribution >= 4 is 5.84 Å². The van der Waals surface area contributed by atoms with Gasteiger partial charge in [-0.3, -0.25) is 5.41 Å². The summed E-state index contributed by atoms with van der Waals surface area (Å²) < 4.78 is 0. The molecule has 1 saturated heterocycles. The van der Waals surface area contributed by atoms with Gasteiger partial charge in [-0.2, -0.15) is 0 Å². The van der Waals surface area contributed by atoms with Gasteiger partial charge < -0.3 is 9.80 Å². The third kappa shape index (κ3) is 3.20. The van der Waals surface area contributed by atoms with E-state index >= 15 is 0 Å². The van der Waals surface area contributed by atoms with E-state index in [9.17, 15) is 0 Å². The molecule has 0 aromatic rings. The second-order valence-electron chi connectivity index (χ2n) is 5.74. The third-order valence-electron chi connectivity index (χ3n) is 3.30. The van der Waals surface area contributed by atoms with Crippen LogP contribution in [0.4, 0.5) is 0 Å². The number of hydrogen-bond donors (Lipinski definition) is 1. The molecular formula is C12H25N3. The smallest absolute Gasteiger partial charge is 0.101 e. The molecular weight excluding hydrogens is 186 g/mol. The second kappa shape index (κ2) is 4.52. The lowest BCUT2D eigenvalue weighted by molar-refractivity contribution is 0.184. The monoisotopic (exact) mass is 211 g/mol. The highest BCUT2D eigenvalue weighted by Gasteiger charge is 2.27. The Balaban J connectivity index is 2.54. The Morgan fingerprint density at radius 2 is 1.73 bits per heavy atom. The Morgan fingerprint density at radius 1 is 1.27 bits per heavy atom. The van der Waals surface area contributed by atoms with E-state index in [1.165, 1.54) is 12.8 Å². The van der Waals surface area contributed by atoms with Crippen LogP contribution in [0.1, 0.15) is 33.6 Å². The molecule has 15 heavy (non-hydrogen) atoms. The first-order valence-corrected chi connectivity index (χ1v) is 5.83. The molecule has 0 aromatic carbocycles. The van der Waals surface area contributed by atoms with Crippen molar-refractivity contribution in [3.8, 4) is 0 Å². The molecule has 0 spiro atoms. The van der Waals surface area contributed by atoms with Crippen LogP contribution in [-0.2, 0) is 0 Å². The van der Waals surface area contributed by atoms with Gasteiger partial charge in [0.1, 0.15) is 5.84 Å². The molecule has 1 aliphatic rings. The fourth-order valence-corrected chi connectivity index (χ4v) is 2.09. The summed E-state index contributed by atoms with van der Waals surface area (Å²) in [6.45, 7) is 8.65. The Kier molecular flexibility index (Phi) is 3.77. The first-order chi connectivity index (χ1) is 6.82.